The summed E-state index contributed by atoms with van der Waals surface area (Å²) in [4.78, 5) is 13.8. The number of carbonyl (C=O) groups excluding carboxylic acids is 1. The number of amides is 1. The van der Waals surface area contributed by atoms with Crippen LogP contribution in [0.15, 0.2) is 10.5 Å². The van der Waals surface area contributed by atoms with Crippen LogP contribution in [0, 0.1) is 6.92 Å². The first kappa shape index (κ1) is 15.7. The van der Waals surface area contributed by atoms with Gasteiger partial charge in [0.05, 0.1) is 11.4 Å². The minimum atomic E-state index is -5.14. The predicted octanol–water partition coefficient (Wildman–Crippen LogP) is 3.67. The number of carbonyl (C=O) groups is 1. The van der Waals surface area contributed by atoms with E-state index in [2.05, 4.69) is 20.9 Å². The molecular formula is C9H5BrF6N2O. The van der Waals surface area contributed by atoms with Crippen LogP contribution in [0.3, 0.4) is 0 Å². The molecule has 0 unspecified atom stereocenters. The second-order valence-electron chi connectivity index (χ2n) is 3.40. The lowest BCUT2D eigenvalue weighted by Crippen LogP contribution is -2.30. The summed E-state index contributed by atoms with van der Waals surface area (Å²) in [7, 11) is 0. The molecule has 1 aromatic rings. The summed E-state index contributed by atoms with van der Waals surface area (Å²) >= 11 is 2.66. The zero-order valence-corrected chi connectivity index (χ0v) is 10.7. The summed E-state index contributed by atoms with van der Waals surface area (Å²) < 4.78 is 72.9. The number of aryl methyl sites for hydroxylation is 1. The maximum atomic E-state index is 12.4. The Hall–Kier alpha value is -1.32. The molecule has 0 spiro atoms. The van der Waals surface area contributed by atoms with Gasteiger partial charge in [-0.15, -0.1) is 0 Å². The third kappa shape index (κ3) is 3.82. The minimum Gasteiger partial charge on any atom is -0.316 e. The second kappa shape index (κ2) is 4.99. The van der Waals surface area contributed by atoms with Crippen LogP contribution in [0.5, 0.6) is 0 Å². The van der Waals surface area contributed by atoms with E-state index in [-0.39, 0.29) is 10.2 Å². The Balaban J connectivity index is 3.16. The van der Waals surface area contributed by atoms with Crippen molar-refractivity contribution in [2.45, 2.75) is 19.3 Å². The summed E-state index contributed by atoms with van der Waals surface area (Å²) in [5.74, 6) is -2.29. The molecule has 0 aliphatic carbocycles. The van der Waals surface area contributed by atoms with Crippen LogP contribution in [0.2, 0.25) is 0 Å². The summed E-state index contributed by atoms with van der Waals surface area (Å²) in [6.07, 6.45) is -9.88. The minimum absolute atomic E-state index is 0.343. The fourth-order valence-electron chi connectivity index (χ4n) is 1.11. The molecule has 0 saturated carbocycles. The average molecular weight is 351 g/mol. The predicted molar refractivity (Wildman–Crippen MR) is 56.4 cm³/mol. The maximum absolute atomic E-state index is 12.4. The van der Waals surface area contributed by atoms with Crippen LogP contribution in [-0.2, 0) is 11.0 Å². The molecule has 0 radical (unpaired) electrons. The Morgan fingerprint density at radius 1 is 1.26 bits per heavy atom. The van der Waals surface area contributed by atoms with Crippen molar-refractivity contribution in [3.05, 3.63) is 21.9 Å². The first-order valence-corrected chi connectivity index (χ1v) is 5.34. The lowest BCUT2D eigenvalue weighted by atomic mass is 10.2. The largest absolute Gasteiger partial charge is 0.471 e. The first-order chi connectivity index (χ1) is 8.43. The van der Waals surface area contributed by atoms with Crippen LogP contribution in [0.25, 0.3) is 0 Å². The molecule has 1 N–H and O–H groups in total. The Morgan fingerprint density at radius 2 is 1.79 bits per heavy atom. The van der Waals surface area contributed by atoms with Gasteiger partial charge in [-0.25, -0.2) is 4.98 Å². The monoisotopic (exact) mass is 350 g/mol. The van der Waals surface area contributed by atoms with E-state index in [9.17, 15) is 31.1 Å². The van der Waals surface area contributed by atoms with Crippen molar-refractivity contribution < 1.29 is 31.1 Å². The third-order valence-corrected chi connectivity index (χ3v) is 2.56. The Kier molecular flexibility index (Phi) is 4.13. The van der Waals surface area contributed by atoms with Crippen molar-refractivity contribution in [2.24, 2.45) is 0 Å². The maximum Gasteiger partial charge on any atom is 0.471 e. The van der Waals surface area contributed by atoms with E-state index in [0.717, 1.165) is 6.92 Å². The zero-order valence-electron chi connectivity index (χ0n) is 9.08. The molecule has 0 aromatic carbocycles. The van der Waals surface area contributed by atoms with Gasteiger partial charge in [0.2, 0.25) is 0 Å². The van der Waals surface area contributed by atoms with E-state index in [0.29, 0.717) is 6.07 Å². The van der Waals surface area contributed by atoms with Gasteiger partial charge in [0.1, 0.15) is 5.69 Å². The van der Waals surface area contributed by atoms with Gasteiger partial charge in [-0.05, 0) is 28.9 Å². The number of alkyl halides is 6. The molecule has 0 bridgehead atoms. The van der Waals surface area contributed by atoms with Crippen LogP contribution in [0.4, 0.5) is 32.0 Å². The van der Waals surface area contributed by atoms with Crippen molar-refractivity contribution in [2.75, 3.05) is 5.32 Å². The summed E-state index contributed by atoms with van der Waals surface area (Å²) in [5.41, 5.74) is -2.13. The molecule has 1 rings (SSSR count). The van der Waals surface area contributed by atoms with E-state index in [1.165, 1.54) is 5.32 Å². The number of hydrogen-bond acceptors (Lipinski definition) is 2. The van der Waals surface area contributed by atoms with Crippen LogP contribution < -0.4 is 5.32 Å². The van der Waals surface area contributed by atoms with E-state index >= 15 is 0 Å². The van der Waals surface area contributed by atoms with Gasteiger partial charge in [0.25, 0.3) is 0 Å². The molecule has 0 saturated heterocycles. The van der Waals surface area contributed by atoms with E-state index in [4.69, 9.17) is 0 Å². The summed E-state index contributed by atoms with van der Waals surface area (Å²) in [6, 6.07) is 0.485. The molecule has 0 atom stereocenters. The number of nitrogens with zero attached hydrogens (tertiary/aromatic N) is 1. The Bertz CT molecular complexity index is 487. The van der Waals surface area contributed by atoms with Crippen LogP contribution >= 0.6 is 15.9 Å². The molecular weight excluding hydrogens is 346 g/mol. The highest BCUT2D eigenvalue weighted by Gasteiger charge is 2.40. The van der Waals surface area contributed by atoms with Crippen LogP contribution in [-0.4, -0.2) is 17.1 Å². The average Bonchev–Trinajstić information content (AvgIpc) is 2.19. The van der Waals surface area contributed by atoms with Gasteiger partial charge in [0.15, 0.2) is 0 Å². The molecule has 1 amide bonds. The normalized spacial score (nSPS) is 12.4. The number of hydrogen-bond donors (Lipinski definition) is 1. The molecule has 10 heteroatoms. The van der Waals surface area contributed by atoms with Crippen molar-refractivity contribution in [3.63, 3.8) is 0 Å². The molecule has 19 heavy (non-hydrogen) atoms. The Labute approximate surface area is 111 Å². The van der Waals surface area contributed by atoms with E-state index in [1.807, 2.05) is 0 Å². The third-order valence-electron chi connectivity index (χ3n) is 1.94. The molecule has 0 aliphatic heterocycles. The standard InChI is InChI=1S/C9H5BrF6N2O/c1-3-6(18-7(19)9(14,15)16)4(10)2-5(17-3)8(11,12)13/h2H,1H3,(H,18,19). The lowest BCUT2D eigenvalue weighted by Gasteiger charge is -2.14. The number of nitrogens with one attached hydrogen (secondary N) is 1. The fourth-order valence-corrected chi connectivity index (χ4v) is 1.72. The van der Waals surface area contributed by atoms with E-state index < -0.39 is 29.6 Å². The first-order valence-electron chi connectivity index (χ1n) is 4.55. The lowest BCUT2D eigenvalue weighted by molar-refractivity contribution is -0.167. The van der Waals surface area contributed by atoms with Gasteiger partial charge in [-0.2, -0.15) is 26.3 Å². The van der Waals surface area contributed by atoms with Crippen molar-refractivity contribution in [1.82, 2.24) is 4.98 Å². The molecule has 3 nitrogen and oxygen atoms in total. The van der Waals surface area contributed by atoms with Gasteiger partial charge in [-0.3, -0.25) is 4.79 Å². The highest BCUT2D eigenvalue weighted by Crippen LogP contribution is 2.34. The zero-order chi connectivity index (χ0) is 15.0. The Morgan fingerprint density at radius 3 is 2.16 bits per heavy atom. The number of anilines is 1. The highest BCUT2D eigenvalue weighted by molar-refractivity contribution is 9.10. The van der Waals surface area contributed by atoms with Gasteiger partial charge in [-0.1, -0.05) is 0 Å². The number of aromatic nitrogens is 1. The van der Waals surface area contributed by atoms with Crippen LogP contribution in [0.1, 0.15) is 11.4 Å². The smallest absolute Gasteiger partial charge is 0.316 e. The SMILES string of the molecule is Cc1nc(C(F)(F)F)cc(Br)c1NC(=O)C(F)(F)F. The van der Waals surface area contributed by atoms with E-state index in [1.54, 1.807) is 0 Å². The van der Waals surface area contributed by atoms with Crippen molar-refractivity contribution in [3.8, 4) is 0 Å². The number of pyridine rings is 1. The fraction of sp³-hybridized carbons (Fsp3) is 0.333. The topological polar surface area (TPSA) is 42.0 Å². The molecule has 1 aromatic heterocycles. The van der Waals surface area contributed by atoms with Crippen molar-refractivity contribution >= 4 is 27.5 Å². The van der Waals surface area contributed by atoms with Gasteiger partial charge >= 0.3 is 18.3 Å². The molecule has 106 valence electrons. The molecule has 1 heterocycles. The van der Waals surface area contributed by atoms with Gasteiger partial charge in [0, 0.05) is 4.47 Å². The summed E-state index contributed by atoms with van der Waals surface area (Å²) in [5, 5.41) is 1.46. The molecule has 0 fully saturated rings. The van der Waals surface area contributed by atoms with Gasteiger partial charge < -0.3 is 5.32 Å². The van der Waals surface area contributed by atoms with Crippen molar-refractivity contribution in [1.29, 1.82) is 0 Å². The highest BCUT2D eigenvalue weighted by atomic mass is 79.9. The molecule has 0 aliphatic rings. The quantitative estimate of drug-likeness (QED) is 0.785. The number of halogens is 7. The second-order valence-corrected chi connectivity index (χ2v) is 4.25. The number of rotatable bonds is 1. The summed E-state index contributed by atoms with van der Waals surface area (Å²) in [6.45, 7) is 1.05.